The molecule has 0 saturated carbocycles. The predicted octanol–water partition coefficient (Wildman–Crippen LogP) is 4.33. The number of ether oxygens (including phenoxy) is 3. The first kappa shape index (κ1) is 18.3. The van der Waals surface area contributed by atoms with Crippen LogP contribution in [0.1, 0.15) is 18.1 Å². The summed E-state index contributed by atoms with van der Waals surface area (Å²) in [7, 11) is 2.84. The second kappa shape index (κ2) is 8.14. The molecule has 0 spiro atoms. The molecule has 6 nitrogen and oxygen atoms in total. The molecular formula is C18H18FNO5. The number of rotatable bonds is 7. The van der Waals surface area contributed by atoms with Gasteiger partial charge in [-0.2, -0.15) is 0 Å². The SMILES string of the molecule is CO/C(C)=C/c1c(OCc2cccc(OC)c2F)cccc1[N+](=O)[O-]. The van der Waals surface area contributed by atoms with Gasteiger partial charge in [-0.1, -0.05) is 18.2 Å². The van der Waals surface area contributed by atoms with Crippen molar-refractivity contribution in [2.45, 2.75) is 13.5 Å². The smallest absolute Gasteiger partial charge is 0.280 e. The van der Waals surface area contributed by atoms with Crippen LogP contribution in [0.4, 0.5) is 10.1 Å². The molecule has 0 radical (unpaired) electrons. The highest BCUT2D eigenvalue weighted by Crippen LogP contribution is 2.32. The van der Waals surface area contributed by atoms with E-state index < -0.39 is 10.7 Å². The average Bonchev–Trinajstić information content (AvgIpc) is 2.61. The number of benzene rings is 2. The van der Waals surface area contributed by atoms with Crippen molar-refractivity contribution < 1.29 is 23.5 Å². The topological polar surface area (TPSA) is 70.8 Å². The Morgan fingerprint density at radius 3 is 2.52 bits per heavy atom. The lowest BCUT2D eigenvalue weighted by Crippen LogP contribution is -2.03. The van der Waals surface area contributed by atoms with Gasteiger partial charge in [0.1, 0.15) is 12.4 Å². The highest BCUT2D eigenvalue weighted by atomic mass is 19.1. The van der Waals surface area contributed by atoms with Crippen LogP contribution in [0, 0.1) is 15.9 Å². The van der Waals surface area contributed by atoms with Crippen LogP contribution in [-0.4, -0.2) is 19.1 Å². The minimum atomic E-state index is -0.527. The molecule has 0 bridgehead atoms. The normalized spacial score (nSPS) is 11.1. The van der Waals surface area contributed by atoms with Crippen LogP contribution in [0.25, 0.3) is 6.08 Å². The molecule has 0 aliphatic carbocycles. The van der Waals surface area contributed by atoms with Gasteiger partial charge in [-0.3, -0.25) is 10.1 Å². The van der Waals surface area contributed by atoms with Crippen LogP contribution in [0.2, 0.25) is 0 Å². The Hall–Kier alpha value is -3.09. The zero-order valence-electron chi connectivity index (χ0n) is 14.1. The van der Waals surface area contributed by atoms with Gasteiger partial charge in [-0.25, -0.2) is 4.39 Å². The highest BCUT2D eigenvalue weighted by Gasteiger charge is 2.18. The molecule has 7 heteroatoms. The minimum Gasteiger partial charge on any atom is -0.501 e. The van der Waals surface area contributed by atoms with Crippen molar-refractivity contribution in [2.75, 3.05) is 14.2 Å². The molecule has 0 heterocycles. The van der Waals surface area contributed by atoms with Gasteiger partial charge in [-0.05, 0) is 25.1 Å². The summed E-state index contributed by atoms with van der Waals surface area (Å²) in [6.07, 6.45) is 1.51. The van der Waals surface area contributed by atoms with Gasteiger partial charge in [0.15, 0.2) is 11.6 Å². The average molecular weight is 347 g/mol. The van der Waals surface area contributed by atoms with Crippen LogP contribution in [0.5, 0.6) is 11.5 Å². The van der Waals surface area contributed by atoms with E-state index in [-0.39, 0.29) is 34.9 Å². The van der Waals surface area contributed by atoms with Crippen molar-refractivity contribution in [1.82, 2.24) is 0 Å². The zero-order valence-corrected chi connectivity index (χ0v) is 14.1. The summed E-state index contributed by atoms with van der Waals surface area (Å²) in [5, 5.41) is 11.3. The Balaban J connectivity index is 2.37. The molecule has 0 unspecified atom stereocenters. The fraction of sp³-hybridized carbons (Fsp3) is 0.222. The number of halogens is 1. The number of nitrogens with zero attached hydrogens (tertiary/aromatic N) is 1. The molecule has 0 fully saturated rings. The van der Waals surface area contributed by atoms with Crippen molar-refractivity contribution in [3.63, 3.8) is 0 Å². The summed E-state index contributed by atoms with van der Waals surface area (Å²) in [5.41, 5.74) is 0.416. The molecule has 0 aliphatic heterocycles. The maximum absolute atomic E-state index is 14.2. The molecule has 2 aromatic carbocycles. The third-order valence-electron chi connectivity index (χ3n) is 3.56. The molecule has 0 atom stereocenters. The molecule has 2 aromatic rings. The summed E-state index contributed by atoms with van der Waals surface area (Å²) in [4.78, 5) is 10.8. The number of nitro groups is 1. The van der Waals surface area contributed by atoms with Crippen LogP contribution >= 0.6 is 0 Å². The van der Waals surface area contributed by atoms with Crippen LogP contribution < -0.4 is 9.47 Å². The maximum Gasteiger partial charge on any atom is 0.280 e. The second-order valence-electron chi connectivity index (χ2n) is 5.13. The van der Waals surface area contributed by atoms with Crippen LogP contribution in [-0.2, 0) is 11.3 Å². The first-order valence-electron chi connectivity index (χ1n) is 7.41. The van der Waals surface area contributed by atoms with E-state index in [1.165, 1.54) is 38.5 Å². The fourth-order valence-electron chi connectivity index (χ4n) is 2.21. The van der Waals surface area contributed by atoms with E-state index in [0.717, 1.165) is 0 Å². The first-order chi connectivity index (χ1) is 12.0. The summed E-state index contributed by atoms with van der Waals surface area (Å²) < 4.78 is 29.8. The number of methoxy groups -OCH3 is 2. The summed E-state index contributed by atoms with van der Waals surface area (Å²) >= 11 is 0. The Morgan fingerprint density at radius 1 is 1.20 bits per heavy atom. The predicted molar refractivity (Wildman–Crippen MR) is 91.0 cm³/mol. The van der Waals surface area contributed by atoms with Gasteiger partial charge in [0.25, 0.3) is 5.69 Å². The molecule has 0 amide bonds. The lowest BCUT2D eigenvalue weighted by Gasteiger charge is -2.12. The van der Waals surface area contributed by atoms with E-state index in [2.05, 4.69) is 0 Å². The van der Waals surface area contributed by atoms with Gasteiger partial charge in [-0.15, -0.1) is 0 Å². The maximum atomic E-state index is 14.2. The third kappa shape index (κ3) is 4.26. The molecule has 0 N–H and O–H groups in total. The van der Waals surface area contributed by atoms with E-state index in [4.69, 9.17) is 14.2 Å². The van der Waals surface area contributed by atoms with Gasteiger partial charge in [0.2, 0.25) is 0 Å². The largest absolute Gasteiger partial charge is 0.501 e. The Kier molecular flexibility index (Phi) is 5.94. The number of nitro benzene ring substituents is 1. The van der Waals surface area contributed by atoms with Crippen molar-refractivity contribution in [3.8, 4) is 11.5 Å². The van der Waals surface area contributed by atoms with Crippen molar-refractivity contribution >= 4 is 11.8 Å². The van der Waals surface area contributed by atoms with E-state index in [9.17, 15) is 14.5 Å². The minimum absolute atomic E-state index is 0.100. The van der Waals surface area contributed by atoms with E-state index >= 15 is 0 Å². The molecule has 25 heavy (non-hydrogen) atoms. The number of hydrogen-bond donors (Lipinski definition) is 0. The number of allylic oxidation sites excluding steroid dienone is 1. The van der Waals surface area contributed by atoms with Gasteiger partial charge in [0, 0.05) is 11.6 Å². The number of hydrogen-bond acceptors (Lipinski definition) is 5. The van der Waals surface area contributed by atoms with Crippen molar-refractivity contribution in [3.05, 3.63) is 69.2 Å². The highest BCUT2D eigenvalue weighted by molar-refractivity contribution is 5.68. The quantitative estimate of drug-likeness (QED) is 0.423. The van der Waals surface area contributed by atoms with Crippen molar-refractivity contribution in [2.24, 2.45) is 0 Å². The zero-order chi connectivity index (χ0) is 18.4. The summed E-state index contributed by atoms with van der Waals surface area (Å²) in [6, 6.07) is 9.17. The molecule has 2 rings (SSSR count). The second-order valence-corrected chi connectivity index (χ2v) is 5.13. The lowest BCUT2D eigenvalue weighted by atomic mass is 10.1. The Labute approximate surface area is 144 Å². The Bertz CT molecular complexity index is 804. The molecular weight excluding hydrogens is 329 g/mol. The van der Waals surface area contributed by atoms with E-state index in [1.807, 2.05) is 0 Å². The van der Waals surface area contributed by atoms with Gasteiger partial charge < -0.3 is 14.2 Å². The van der Waals surface area contributed by atoms with E-state index in [0.29, 0.717) is 5.76 Å². The summed E-state index contributed by atoms with van der Waals surface area (Å²) in [6.45, 7) is 1.57. The first-order valence-corrected chi connectivity index (χ1v) is 7.41. The van der Waals surface area contributed by atoms with Gasteiger partial charge >= 0.3 is 0 Å². The summed E-state index contributed by atoms with van der Waals surface area (Å²) in [5.74, 6) is 0.315. The van der Waals surface area contributed by atoms with Crippen LogP contribution in [0.15, 0.2) is 42.2 Å². The lowest BCUT2D eigenvalue weighted by molar-refractivity contribution is -0.385. The third-order valence-corrected chi connectivity index (χ3v) is 3.56. The van der Waals surface area contributed by atoms with Gasteiger partial charge in [0.05, 0.1) is 30.5 Å². The molecule has 132 valence electrons. The van der Waals surface area contributed by atoms with Crippen molar-refractivity contribution in [1.29, 1.82) is 0 Å². The van der Waals surface area contributed by atoms with Crippen LogP contribution in [0.3, 0.4) is 0 Å². The fourth-order valence-corrected chi connectivity index (χ4v) is 2.21. The molecule has 0 aliphatic rings. The molecule has 0 saturated heterocycles. The standard InChI is InChI=1S/C18H18FNO5/c1-12(23-2)10-14-15(20(21)22)7-5-8-16(14)25-11-13-6-4-9-17(24-3)18(13)19/h4-10H,11H2,1-3H3/b12-10+. The Morgan fingerprint density at radius 2 is 1.88 bits per heavy atom. The molecule has 0 aromatic heterocycles. The monoisotopic (exact) mass is 347 g/mol. The van der Waals surface area contributed by atoms with E-state index in [1.54, 1.807) is 25.1 Å².